The molecule has 0 unspecified atom stereocenters. The Balaban J connectivity index is 0.00000220. The van der Waals surface area contributed by atoms with Crippen LogP contribution in [0.5, 0.6) is 0 Å². The van der Waals surface area contributed by atoms with E-state index in [9.17, 15) is 13.0 Å². The third-order valence-electron chi connectivity index (χ3n) is 2.49. The summed E-state index contributed by atoms with van der Waals surface area (Å²) in [4.78, 5) is -0.203. The van der Waals surface area contributed by atoms with Crippen LogP contribution in [0.25, 0.3) is 12.2 Å². The van der Waals surface area contributed by atoms with E-state index in [1.807, 2.05) is 40.8 Å². The molecule has 0 aliphatic heterocycles. The van der Waals surface area contributed by atoms with Crippen LogP contribution >= 0.6 is 45.2 Å². The van der Waals surface area contributed by atoms with E-state index in [1.54, 1.807) is 24.3 Å². The van der Waals surface area contributed by atoms with Crippen LogP contribution in [0.3, 0.4) is 0 Å². The number of hydrogen-bond acceptors (Lipinski definition) is 3. The molecule has 0 atom stereocenters. The summed E-state index contributed by atoms with van der Waals surface area (Å²) in [6.07, 6.45) is 3.34. The molecule has 2 aromatic rings. The molecule has 8 heteroatoms. The molecular formula is C14H8I2K2O3S. The van der Waals surface area contributed by atoms with Crippen LogP contribution in [0.2, 0.25) is 0 Å². The molecule has 0 aliphatic rings. The summed E-state index contributed by atoms with van der Waals surface area (Å²) in [5.41, 5.74) is 1.20. The molecule has 0 fully saturated rings. The monoisotopic (exact) mass is 588 g/mol. The molecule has 0 bridgehead atoms. The van der Waals surface area contributed by atoms with Gasteiger partial charge in [-0.2, -0.15) is 5.56 Å². The van der Waals surface area contributed by atoms with E-state index >= 15 is 0 Å². The molecule has 2 aromatic carbocycles. The average molecular weight is 588 g/mol. The third kappa shape index (κ3) is 8.02. The first kappa shape index (κ1) is 24.8. The molecule has 0 amide bonds. The van der Waals surface area contributed by atoms with Crippen molar-refractivity contribution >= 4 is 67.5 Å². The Kier molecular flexibility index (Phi) is 13.0. The predicted molar refractivity (Wildman–Crippen MR) is 94.0 cm³/mol. The molecule has 0 radical (unpaired) electrons. The van der Waals surface area contributed by atoms with E-state index in [0.717, 1.165) is 9.13 Å². The standard InChI is InChI=1S/C14H9I2O3S.2K/c15-12-6-2-10(3-7-12)1-4-11-5-8-13(16)9-14(11)20(17,18)19;;/h1-2,4-9H,(H,17,18,19);;/q-1;2*+1/p-1/b4-1+;;. The van der Waals surface area contributed by atoms with Gasteiger partial charge in [-0.05, 0) is 40.3 Å². The second kappa shape index (κ2) is 11.5. The molecule has 0 spiro atoms. The van der Waals surface area contributed by atoms with Crippen molar-refractivity contribution in [2.24, 2.45) is 0 Å². The molecule has 104 valence electrons. The minimum atomic E-state index is -4.48. The van der Waals surface area contributed by atoms with Crippen LogP contribution in [-0.2, 0) is 10.1 Å². The van der Waals surface area contributed by atoms with Gasteiger partial charge in [-0.25, -0.2) is 8.42 Å². The van der Waals surface area contributed by atoms with Gasteiger partial charge in [-0.1, -0.05) is 15.7 Å². The maximum atomic E-state index is 11.3. The van der Waals surface area contributed by atoms with Gasteiger partial charge in [0.1, 0.15) is 10.1 Å². The van der Waals surface area contributed by atoms with Gasteiger partial charge in [0.05, 0.1) is 4.90 Å². The Bertz CT molecular complexity index is 760. The Hall–Kier alpha value is 2.82. The first-order valence-electron chi connectivity index (χ1n) is 5.47. The van der Waals surface area contributed by atoms with Crippen LogP contribution in [0.4, 0.5) is 0 Å². The third-order valence-corrected chi connectivity index (χ3v) is 4.72. The maximum absolute atomic E-state index is 11.3. The molecule has 0 aromatic heterocycles. The van der Waals surface area contributed by atoms with Crippen molar-refractivity contribution in [3.8, 4) is 0 Å². The smallest absolute Gasteiger partial charge is 0.744 e. The average Bonchev–Trinajstić information content (AvgIpc) is 2.38. The summed E-state index contributed by atoms with van der Waals surface area (Å²) in [6, 6.07) is 13.4. The maximum Gasteiger partial charge on any atom is 1.00 e. The largest absolute Gasteiger partial charge is 1.00 e. The number of hydrogen-bond donors (Lipinski definition) is 0. The van der Waals surface area contributed by atoms with Gasteiger partial charge in [0.25, 0.3) is 0 Å². The van der Waals surface area contributed by atoms with Gasteiger partial charge in [-0.15, -0.1) is 52.9 Å². The summed E-state index contributed by atoms with van der Waals surface area (Å²) in [6.45, 7) is 0. The second-order valence-corrected chi connectivity index (χ2v) is 7.77. The van der Waals surface area contributed by atoms with Gasteiger partial charge < -0.3 is 4.55 Å². The van der Waals surface area contributed by atoms with E-state index in [1.165, 1.54) is 6.07 Å². The normalized spacial score (nSPS) is 10.9. The quantitative estimate of drug-likeness (QED) is 0.134. The van der Waals surface area contributed by atoms with Crippen molar-refractivity contribution in [3.05, 3.63) is 60.7 Å². The van der Waals surface area contributed by atoms with Crippen LogP contribution in [-0.4, -0.2) is 13.0 Å². The van der Waals surface area contributed by atoms with Crippen LogP contribution in [0.1, 0.15) is 11.1 Å². The minimum absolute atomic E-state index is 0. The van der Waals surface area contributed by atoms with Crippen molar-refractivity contribution < 1.29 is 116 Å². The summed E-state index contributed by atoms with van der Waals surface area (Å²) in [5, 5.41) is 0. The van der Waals surface area contributed by atoms with E-state index < -0.39 is 10.1 Å². The van der Waals surface area contributed by atoms with Gasteiger partial charge in [0.2, 0.25) is 0 Å². The Labute approximate surface area is 243 Å². The fraction of sp³-hybridized carbons (Fsp3) is 0. The van der Waals surface area contributed by atoms with Gasteiger partial charge in [0, 0.05) is 3.57 Å². The van der Waals surface area contributed by atoms with Gasteiger partial charge in [0.15, 0.2) is 0 Å². The summed E-state index contributed by atoms with van der Waals surface area (Å²) >= 11 is 4.15. The molecule has 0 saturated carbocycles. The molecule has 3 nitrogen and oxygen atoms in total. The Morgan fingerprint density at radius 1 is 1.00 bits per heavy atom. The van der Waals surface area contributed by atoms with Crippen molar-refractivity contribution in [2.45, 2.75) is 4.90 Å². The molecule has 2 rings (SSSR count). The Morgan fingerprint density at radius 3 is 2.18 bits per heavy atom. The SMILES string of the molecule is O=S(=O)([O-])c1cc(I)ccc1/C=C/c1[c-]cc(I)cc1.[K+].[K+]. The summed E-state index contributed by atoms with van der Waals surface area (Å²) in [7, 11) is -4.48. The molecule has 22 heavy (non-hydrogen) atoms. The van der Waals surface area contributed by atoms with E-state index in [4.69, 9.17) is 0 Å². The molecule has 0 saturated heterocycles. The number of rotatable bonds is 3. The van der Waals surface area contributed by atoms with E-state index in [-0.39, 0.29) is 108 Å². The molecule has 0 heterocycles. The first-order chi connectivity index (χ1) is 9.36. The fourth-order valence-electron chi connectivity index (χ4n) is 1.56. The Morgan fingerprint density at radius 2 is 1.64 bits per heavy atom. The molecular weight excluding hydrogens is 580 g/mol. The summed E-state index contributed by atoms with van der Waals surface area (Å²) < 4.78 is 35.6. The number of halogens is 2. The second-order valence-electron chi connectivity index (χ2n) is 3.93. The van der Waals surface area contributed by atoms with Crippen molar-refractivity contribution in [1.29, 1.82) is 0 Å². The van der Waals surface area contributed by atoms with Crippen molar-refractivity contribution in [3.63, 3.8) is 0 Å². The van der Waals surface area contributed by atoms with Crippen molar-refractivity contribution in [1.82, 2.24) is 0 Å². The zero-order chi connectivity index (χ0) is 14.8. The topological polar surface area (TPSA) is 57.2 Å². The van der Waals surface area contributed by atoms with Crippen LogP contribution in [0.15, 0.2) is 41.3 Å². The van der Waals surface area contributed by atoms with Gasteiger partial charge >= 0.3 is 103 Å². The fourth-order valence-corrected chi connectivity index (χ4v) is 3.30. The summed E-state index contributed by atoms with van der Waals surface area (Å²) in [5.74, 6) is 0. The number of benzene rings is 2. The van der Waals surface area contributed by atoms with E-state index in [0.29, 0.717) is 9.13 Å². The van der Waals surface area contributed by atoms with Crippen LogP contribution < -0.4 is 103 Å². The van der Waals surface area contributed by atoms with E-state index in [2.05, 4.69) is 28.7 Å². The zero-order valence-corrected chi connectivity index (χ0v) is 23.4. The molecule has 0 N–H and O–H groups in total. The first-order valence-corrected chi connectivity index (χ1v) is 9.03. The molecule has 0 aliphatic carbocycles. The predicted octanol–water partition coefficient (Wildman–Crippen LogP) is -2.22. The minimum Gasteiger partial charge on any atom is -0.744 e. The van der Waals surface area contributed by atoms with Crippen LogP contribution in [0, 0.1) is 13.2 Å². The zero-order valence-electron chi connectivity index (χ0n) is 12.0. The van der Waals surface area contributed by atoms with Gasteiger partial charge in [-0.3, -0.25) is 0 Å². The van der Waals surface area contributed by atoms with Crippen molar-refractivity contribution in [2.75, 3.05) is 0 Å².